The van der Waals surface area contributed by atoms with Gasteiger partial charge in [0.05, 0.1) is 0 Å². The molecule has 0 bridgehead atoms. The molecule has 0 N–H and O–H groups in total. The fourth-order valence-electron chi connectivity index (χ4n) is 0.866. The fraction of sp³-hybridized carbons (Fsp3) is 0.455. The number of allylic oxidation sites excluding steroid dienone is 3. The monoisotopic (exact) mass is 152 g/mol. The van der Waals surface area contributed by atoms with Crippen LogP contribution in [0.1, 0.15) is 33.1 Å². The molecule has 0 atom stereocenters. The van der Waals surface area contributed by atoms with Crippen LogP contribution in [-0.2, 0) is 0 Å². The highest BCUT2D eigenvalue weighted by atomic mass is 13.9. The highest BCUT2D eigenvalue weighted by molar-refractivity contribution is 5.09. The Morgan fingerprint density at radius 3 is 2.09 bits per heavy atom. The van der Waals surface area contributed by atoms with Crippen molar-refractivity contribution in [3.8, 4) is 0 Å². The maximum atomic E-state index is 3.65. The van der Waals surface area contributed by atoms with E-state index >= 15 is 0 Å². The van der Waals surface area contributed by atoms with Gasteiger partial charge in [-0.15, -0.1) is 13.2 Å². The van der Waals surface area contributed by atoms with Crippen LogP contribution < -0.4 is 0 Å². The molecular formula is C11H20. The van der Waals surface area contributed by atoms with Crippen LogP contribution in [0.2, 0.25) is 0 Å². The van der Waals surface area contributed by atoms with Crippen molar-refractivity contribution in [3.63, 3.8) is 0 Å². The zero-order valence-corrected chi connectivity index (χ0v) is 7.90. The molecule has 0 saturated heterocycles. The average Bonchev–Trinajstić information content (AvgIpc) is 2.08. The maximum Gasteiger partial charge on any atom is -0.0320 e. The average molecular weight is 152 g/mol. The lowest BCUT2D eigenvalue weighted by Gasteiger charge is -1.97. The SMILES string of the molecule is C=C.C=C/C=C(\CC)CCC. The van der Waals surface area contributed by atoms with Gasteiger partial charge >= 0.3 is 0 Å². The second-order valence-electron chi connectivity index (χ2n) is 2.16. The summed E-state index contributed by atoms with van der Waals surface area (Å²) in [5.41, 5.74) is 1.51. The minimum atomic E-state index is 1.17. The summed E-state index contributed by atoms with van der Waals surface area (Å²) in [6.45, 7) is 14.0. The third-order valence-electron chi connectivity index (χ3n) is 1.38. The lowest BCUT2D eigenvalue weighted by Crippen LogP contribution is -1.77. The molecule has 0 spiro atoms. The molecule has 0 aromatic carbocycles. The van der Waals surface area contributed by atoms with Crippen LogP contribution in [0.4, 0.5) is 0 Å². The first-order chi connectivity index (χ1) is 5.35. The van der Waals surface area contributed by atoms with E-state index < -0.39 is 0 Å². The molecule has 0 unspecified atom stereocenters. The van der Waals surface area contributed by atoms with E-state index in [2.05, 4.69) is 39.7 Å². The third kappa shape index (κ3) is 9.22. The predicted octanol–water partition coefficient (Wildman–Crippen LogP) is 4.11. The smallest absolute Gasteiger partial charge is 0.0320 e. The van der Waals surface area contributed by atoms with E-state index in [0.29, 0.717) is 0 Å². The van der Waals surface area contributed by atoms with Gasteiger partial charge in [0, 0.05) is 0 Å². The number of hydrogen-bond acceptors (Lipinski definition) is 0. The van der Waals surface area contributed by atoms with E-state index in [1.807, 2.05) is 6.08 Å². The Hall–Kier alpha value is -0.780. The van der Waals surface area contributed by atoms with Crippen molar-refractivity contribution in [2.45, 2.75) is 33.1 Å². The molecule has 0 rings (SSSR count). The van der Waals surface area contributed by atoms with E-state index in [1.165, 1.54) is 24.8 Å². The first-order valence-corrected chi connectivity index (χ1v) is 4.15. The van der Waals surface area contributed by atoms with E-state index in [4.69, 9.17) is 0 Å². The summed E-state index contributed by atoms with van der Waals surface area (Å²) in [7, 11) is 0. The Morgan fingerprint density at radius 1 is 1.27 bits per heavy atom. The van der Waals surface area contributed by atoms with Gasteiger partial charge in [0.2, 0.25) is 0 Å². The third-order valence-corrected chi connectivity index (χ3v) is 1.38. The molecule has 0 aliphatic heterocycles. The molecule has 11 heavy (non-hydrogen) atoms. The van der Waals surface area contributed by atoms with Gasteiger partial charge in [0.1, 0.15) is 0 Å². The zero-order valence-electron chi connectivity index (χ0n) is 7.90. The predicted molar refractivity (Wildman–Crippen MR) is 54.7 cm³/mol. The standard InChI is InChI=1S/C9H16.C2H4/c1-4-7-9(6-3)8-5-2;1-2/h4,7H,1,5-6,8H2,2-3H3;1-2H2/b9-7+;. The van der Waals surface area contributed by atoms with Gasteiger partial charge in [-0.25, -0.2) is 0 Å². The molecule has 0 saturated carbocycles. The molecule has 0 heterocycles. The van der Waals surface area contributed by atoms with Crippen LogP contribution in [-0.4, -0.2) is 0 Å². The zero-order chi connectivity index (χ0) is 9.11. The molecular weight excluding hydrogens is 132 g/mol. The van der Waals surface area contributed by atoms with Crippen LogP contribution in [0, 0.1) is 0 Å². The van der Waals surface area contributed by atoms with Gasteiger partial charge in [0.25, 0.3) is 0 Å². The van der Waals surface area contributed by atoms with Crippen molar-refractivity contribution in [1.29, 1.82) is 0 Å². The largest absolute Gasteiger partial charge is 0.106 e. The van der Waals surface area contributed by atoms with Crippen molar-refractivity contribution in [3.05, 3.63) is 37.5 Å². The molecule has 0 aliphatic rings. The Kier molecular flexibility index (Phi) is 14.0. The molecule has 0 nitrogen and oxygen atoms in total. The summed E-state index contributed by atoms with van der Waals surface area (Å²) < 4.78 is 0. The quantitative estimate of drug-likeness (QED) is 0.420. The van der Waals surface area contributed by atoms with Crippen molar-refractivity contribution in [2.75, 3.05) is 0 Å². The fourth-order valence-corrected chi connectivity index (χ4v) is 0.866. The summed E-state index contributed by atoms with van der Waals surface area (Å²) in [5, 5.41) is 0. The topological polar surface area (TPSA) is 0 Å². The van der Waals surface area contributed by atoms with Crippen LogP contribution in [0.25, 0.3) is 0 Å². The van der Waals surface area contributed by atoms with Crippen LogP contribution in [0.15, 0.2) is 37.5 Å². The molecule has 0 aliphatic carbocycles. The molecule has 0 amide bonds. The van der Waals surface area contributed by atoms with Crippen molar-refractivity contribution in [1.82, 2.24) is 0 Å². The van der Waals surface area contributed by atoms with E-state index in [1.54, 1.807) is 0 Å². The number of hydrogen-bond donors (Lipinski definition) is 0. The van der Waals surface area contributed by atoms with Crippen molar-refractivity contribution < 1.29 is 0 Å². The molecule has 0 aromatic heterocycles. The summed E-state index contributed by atoms with van der Waals surface area (Å²) in [4.78, 5) is 0. The summed E-state index contributed by atoms with van der Waals surface area (Å²) in [6, 6.07) is 0. The Balaban J connectivity index is 0. The minimum absolute atomic E-state index is 1.17. The Bertz CT molecular complexity index is 109. The second kappa shape index (κ2) is 12.0. The molecule has 0 heteroatoms. The molecule has 0 radical (unpaired) electrons. The second-order valence-corrected chi connectivity index (χ2v) is 2.16. The Labute approximate surface area is 71.3 Å². The highest BCUT2D eigenvalue weighted by Gasteiger charge is 1.87. The summed E-state index contributed by atoms with van der Waals surface area (Å²) >= 11 is 0. The Morgan fingerprint density at radius 2 is 1.82 bits per heavy atom. The molecule has 0 aromatic rings. The van der Waals surface area contributed by atoms with Gasteiger partial charge in [-0.1, -0.05) is 44.6 Å². The van der Waals surface area contributed by atoms with Crippen LogP contribution >= 0.6 is 0 Å². The molecule has 0 fully saturated rings. The van der Waals surface area contributed by atoms with E-state index in [0.717, 1.165) is 0 Å². The van der Waals surface area contributed by atoms with Crippen molar-refractivity contribution in [2.24, 2.45) is 0 Å². The van der Waals surface area contributed by atoms with Crippen LogP contribution in [0.5, 0.6) is 0 Å². The minimum Gasteiger partial charge on any atom is -0.106 e. The summed E-state index contributed by atoms with van der Waals surface area (Å²) in [6.07, 6.45) is 7.62. The highest BCUT2D eigenvalue weighted by Crippen LogP contribution is 2.07. The lowest BCUT2D eigenvalue weighted by molar-refractivity contribution is 0.859. The van der Waals surface area contributed by atoms with Gasteiger partial charge in [-0.05, 0) is 12.8 Å². The lowest BCUT2D eigenvalue weighted by atomic mass is 10.1. The normalized spacial score (nSPS) is 9.82. The first kappa shape index (κ1) is 12.9. The van der Waals surface area contributed by atoms with Gasteiger partial charge in [0.15, 0.2) is 0 Å². The maximum absolute atomic E-state index is 3.65. The molecule has 64 valence electrons. The first-order valence-electron chi connectivity index (χ1n) is 4.15. The van der Waals surface area contributed by atoms with E-state index in [9.17, 15) is 0 Å². The van der Waals surface area contributed by atoms with E-state index in [-0.39, 0.29) is 0 Å². The van der Waals surface area contributed by atoms with Gasteiger partial charge in [-0.2, -0.15) is 0 Å². The number of rotatable bonds is 4. The van der Waals surface area contributed by atoms with Gasteiger partial charge < -0.3 is 0 Å². The van der Waals surface area contributed by atoms with Crippen molar-refractivity contribution >= 4 is 0 Å². The summed E-state index contributed by atoms with van der Waals surface area (Å²) in [5.74, 6) is 0. The van der Waals surface area contributed by atoms with Gasteiger partial charge in [-0.3, -0.25) is 0 Å². The van der Waals surface area contributed by atoms with Crippen LogP contribution in [0.3, 0.4) is 0 Å².